The van der Waals surface area contributed by atoms with Crippen LogP contribution in [-0.4, -0.2) is 35.1 Å². The number of Topliss-reactive ketones (excluding diaryl/α,β-unsaturated/α-hetero) is 1. The van der Waals surface area contributed by atoms with Crippen molar-refractivity contribution in [3.05, 3.63) is 35.7 Å². The number of nitrogens with zero attached hydrogens (tertiary/aromatic N) is 1. The quantitative estimate of drug-likeness (QED) is 0.656. The largest absolute Gasteiger partial charge is 0.486 e. The van der Waals surface area contributed by atoms with Crippen LogP contribution in [0.3, 0.4) is 0 Å². The van der Waals surface area contributed by atoms with Gasteiger partial charge >= 0.3 is 0 Å². The van der Waals surface area contributed by atoms with Crippen molar-refractivity contribution in [3.8, 4) is 11.5 Å². The molecule has 1 aliphatic rings. The summed E-state index contributed by atoms with van der Waals surface area (Å²) in [5.41, 5.74) is 1.40. The van der Waals surface area contributed by atoms with E-state index in [-0.39, 0.29) is 5.56 Å². The van der Waals surface area contributed by atoms with Crippen LogP contribution in [0.15, 0.2) is 24.4 Å². The minimum Gasteiger partial charge on any atom is -0.486 e. The van der Waals surface area contributed by atoms with E-state index >= 15 is 0 Å². The zero-order valence-electron chi connectivity index (χ0n) is 11.3. The van der Waals surface area contributed by atoms with Crippen molar-refractivity contribution in [3.63, 3.8) is 0 Å². The van der Waals surface area contributed by atoms with E-state index in [0.717, 1.165) is 0 Å². The number of rotatable bonds is 3. The van der Waals surface area contributed by atoms with E-state index in [1.165, 1.54) is 18.3 Å². The highest BCUT2D eigenvalue weighted by molar-refractivity contribution is 6.46. The zero-order valence-corrected chi connectivity index (χ0v) is 11.3. The van der Waals surface area contributed by atoms with Gasteiger partial charge in [-0.05, 0) is 25.1 Å². The van der Waals surface area contributed by atoms with Crippen LogP contribution in [0.5, 0.6) is 11.5 Å². The number of hydrogen-bond donors (Lipinski definition) is 2. The molecule has 7 heteroatoms. The number of carbonyl (C=O) groups excluding carboxylic acids is 2. The van der Waals surface area contributed by atoms with Crippen molar-refractivity contribution in [2.75, 3.05) is 18.5 Å². The van der Waals surface area contributed by atoms with Crippen LogP contribution in [0.4, 0.5) is 5.69 Å². The maximum Gasteiger partial charge on any atom is 0.296 e. The molecule has 1 amide bonds. The van der Waals surface area contributed by atoms with Crippen LogP contribution in [0.1, 0.15) is 16.1 Å². The minimum atomic E-state index is -0.726. The summed E-state index contributed by atoms with van der Waals surface area (Å²) >= 11 is 0. The lowest BCUT2D eigenvalue weighted by molar-refractivity contribution is -0.112. The molecule has 0 saturated carbocycles. The Balaban J connectivity index is 1.78. The number of H-pyrrole nitrogens is 1. The highest BCUT2D eigenvalue weighted by Crippen LogP contribution is 2.30. The Morgan fingerprint density at radius 3 is 2.71 bits per heavy atom. The summed E-state index contributed by atoms with van der Waals surface area (Å²) < 4.78 is 10.8. The normalized spacial score (nSPS) is 12.8. The number of benzene rings is 1. The van der Waals surface area contributed by atoms with Gasteiger partial charge in [-0.2, -0.15) is 5.10 Å². The summed E-state index contributed by atoms with van der Waals surface area (Å²) in [7, 11) is 0. The van der Waals surface area contributed by atoms with E-state index in [2.05, 4.69) is 15.5 Å². The fourth-order valence-corrected chi connectivity index (χ4v) is 1.97. The molecule has 2 heterocycles. The summed E-state index contributed by atoms with van der Waals surface area (Å²) in [5, 5.41) is 8.97. The maximum absolute atomic E-state index is 12.1. The van der Waals surface area contributed by atoms with Gasteiger partial charge < -0.3 is 14.8 Å². The highest BCUT2D eigenvalue weighted by Gasteiger charge is 2.20. The van der Waals surface area contributed by atoms with Gasteiger partial charge in [-0.15, -0.1) is 0 Å². The van der Waals surface area contributed by atoms with Crippen molar-refractivity contribution in [1.29, 1.82) is 0 Å². The van der Waals surface area contributed by atoms with Gasteiger partial charge in [0, 0.05) is 5.56 Å². The monoisotopic (exact) mass is 287 g/mol. The molecule has 2 aromatic rings. The molecule has 0 radical (unpaired) electrons. The Kier molecular flexibility index (Phi) is 3.31. The second kappa shape index (κ2) is 5.28. The Morgan fingerprint density at radius 1 is 1.24 bits per heavy atom. The molecule has 0 aliphatic carbocycles. The average molecular weight is 287 g/mol. The molecule has 0 spiro atoms. The average Bonchev–Trinajstić information content (AvgIpc) is 2.91. The number of ketones is 1. The van der Waals surface area contributed by atoms with Crippen LogP contribution >= 0.6 is 0 Å². The third-order valence-electron chi connectivity index (χ3n) is 3.09. The van der Waals surface area contributed by atoms with Gasteiger partial charge in [-0.1, -0.05) is 0 Å². The summed E-state index contributed by atoms with van der Waals surface area (Å²) in [6.07, 6.45) is 1.45. The molecule has 0 atom stereocenters. The Labute approximate surface area is 120 Å². The van der Waals surface area contributed by atoms with Crippen LogP contribution in [0.2, 0.25) is 0 Å². The summed E-state index contributed by atoms with van der Waals surface area (Å²) in [6.45, 7) is 2.64. The first kappa shape index (κ1) is 13.2. The summed E-state index contributed by atoms with van der Waals surface area (Å²) in [4.78, 5) is 24.1. The number of amides is 1. The molecular formula is C14H13N3O4. The summed E-state index contributed by atoms with van der Waals surface area (Å²) in [5.74, 6) is -0.327. The number of aromatic amines is 1. The molecule has 1 aliphatic heterocycles. The van der Waals surface area contributed by atoms with Gasteiger partial charge in [0.05, 0.1) is 17.6 Å². The topological polar surface area (TPSA) is 93.3 Å². The van der Waals surface area contributed by atoms with E-state index in [1.54, 1.807) is 13.0 Å². The number of fused-ring (bicyclic) bond motifs is 1. The standard InChI is InChI=1S/C14H13N3O4/c1-8-10(7-15-17-8)16-14(19)13(18)9-2-3-11-12(6-9)21-5-4-20-11/h2-3,6-7H,4-5H2,1H3,(H,15,17)(H,16,19). The maximum atomic E-state index is 12.1. The first-order chi connectivity index (χ1) is 10.1. The smallest absolute Gasteiger partial charge is 0.296 e. The lowest BCUT2D eigenvalue weighted by atomic mass is 10.1. The molecule has 1 aromatic heterocycles. The van der Waals surface area contributed by atoms with E-state index in [9.17, 15) is 9.59 Å². The van der Waals surface area contributed by atoms with Crippen LogP contribution in [0, 0.1) is 6.92 Å². The fraction of sp³-hybridized carbons (Fsp3) is 0.214. The highest BCUT2D eigenvalue weighted by atomic mass is 16.6. The van der Waals surface area contributed by atoms with Crippen LogP contribution in [0.25, 0.3) is 0 Å². The molecule has 0 bridgehead atoms. The third kappa shape index (κ3) is 2.58. The molecule has 0 unspecified atom stereocenters. The number of ether oxygens (including phenoxy) is 2. The van der Waals surface area contributed by atoms with Crippen LogP contribution < -0.4 is 14.8 Å². The molecule has 108 valence electrons. The van der Waals surface area contributed by atoms with Crippen molar-refractivity contribution >= 4 is 17.4 Å². The lowest BCUT2D eigenvalue weighted by Crippen LogP contribution is -2.23. The predicted molar refractivity (Wildman–Crippen MR) is 73.7 cm³/mol. The van der Waals surface area contributed by atoms with Gasteiger partial charge in [0.2, 0.25) is 0 Å². The van der Waals surface area contributed by atoms with E-state index in [0.29, 0.717) is 36.1 Å². The van der Waals surface area contributed by atoms with E-state index < -0.39 is 11.7 Å². The van der Waals surface area contributed by atoms with Crippen molar-refractivity contribution in [2.24, 2.45) is 0 Å². The van der Waals surface area contributed by atoms with E-state index in [4.69, 9.17) is 9.47 Å². The minimum absolute atomic E-state index is 0.248. The number of aryl methyl sites for hydroxylation is 1. The molecular weight excluding hydrogens is 274 g/mol. The second-order valence-corrected chi connectivity index (χ2v) is 4.55. The van der Waals surface area contributed by atoms with Crippen molar-refractivity contribution in [2.45, 2.75) is 6.92 Å². The van der Waals surface area contributed by atoms with Crippen molar-refractivity contribution < 1.29 is 19.1 Å². The molecule has 2 N–H and O–H groups in total. The van der Waals surface area contributed by atoms with Crippen LogP contribution in [-0.2, 0) is 4.79 Å². The Morgan fingerprint density at radius 2 is 2.00 bits per heavy atom. The van der Waals surface area contributed by atoms with Gasteiger partial charge in [-0.25, -0.2) is 0 Å². The number of aromatic nitrogens is 2. The summed E-state index contributed by atoms with van der Waals surface area (Å²) in [6, 6.07) is 4.67. The molecule has 7 nitrogen and oxygen atoms in total. The fourth-order valence-electron chi connectivity index (χ4n) is 1.97. The number of nitrogens with one attached hydrogen (secondary N) is 2. The third-order valence-corrected chi connectivity index (χ3v) is 3.09. The SMILES string of the molecule is Cc1[nH]ncc1NC(=O)C(=O)c1ccc2c(c1)OCCO2. The molecule has 1 aromatic carbocycles. The first-order valence-electron chi connectivity index (χ1n) is 6.40. The second-order valence-electron chi connectivity index (χ2n) is 4.55. The van der Waals surface area contributed by atoms with Gasteiger partial charge in [0.15, 0.2) is 11.5 Å². The predicted octanol–water partition coefficient (Wildman–Crippen LogP) is 1.31. The Hall–Kier alpha value is -2.83. The van der Waals surface area contributed by atoms with Gasteiger partial charge in [0.25, 0.3) is 11.7 Å². The van der Waals surface area contributed by atoms with E-state index in [1.807, 2.05) is 0 Å². The zero-order chi connectivity index (χ0) is 14.8. The molecule has 0 saturated heterocycles. The van der Waals surface area contributed by atoms with Gasteiger partial charge in [-0.3, -0.25) is 14.7 Å². The number of hydrogen-bond acceptors (Lipinski definition) is 5. The van der Waals surface area contributed by atoms with Crippen molar-refractivity contribution in [1.82, 2.24) is 10.2 Å². The Bertz CT molecular complexity index is 708. The van der Waals surface area contributed by atoms with Gasteiger partial charge in [0.1, 0.15) is 13.2 Å². The first-order valence-corrected chi connectivity index (χ1v) is 6.40. The molecule has 21 heavy (non-hydrogen) atoms. The lowest BCUT2D eigenvalue weighted by Gasteiger charge is -2.18. The number of anilines is 1. The molecule has 0 fully saturated rings. The molecule has 3 rings (SSSR count). The number of carbonyl (C=O) groups is 2.